The van der Waals surface area contributed by atoms with E-state index in [1.807, 2.05) is 6.07 Å². The SMILES string of the molecule is COC(CNC(=O)c1ccc(C#N)nc1)OC. The summed E-state index contributed by atoms with van der Waals surface area (Å²) in [4.78, 5) is 15.4. The van der Waals surface area contributed by atoms with Crippen LogP contribution in [0.4, 0.5) is 0 Å². The minimum Gasteiger partial charge on any atom is -0.354 e. The summed E-state index contributed by atoms with van der Waals surface area (Å²) >= 11 is 0. The van der Waals surface area contributed by atoms with Crippen molar-refractivity contribution in [1.82, 2.24) is 10.3 Å². The third-order valence-electron chi connectivity index (χ3n) is 2.10. The zero-order valence-corrected chi connectivity index (χ0v) is 9.64. The van der Waals surface area contributed by atoms with Gasteiger partial charge in [0.05, 0.1) is 12.1 Å². The van der Waals surface area contributed by atoms with Crippen molar-refractivity contribution in [2.24, 2.45) is 0 Å². The van der Waals surface area contributed by atoms with E-state index in [0.717, 1.165) is 0 Å². The summed E-state index contributed by atoms with van der Waals surface area (Å²) in [6.07, 6.45) is 0.868. The normalized spacial score (nSPS) is 10.0. The van der Waals surface area contributed by atoms with Crippen LogP contribution < -0.4 is 5.32 Å². The van der Waals surface area contributed by atoms with Crippen molar-refractivity contribution < 1.29 is 14.3 Å². The predicted octanol–water partition coefficient (Wildman–Crippen LogP) is 0.302. The van der Waals surface area contributed by atoms with Crippen molar-refractivity contribution in [3.63, 3.8) is 0 Å². The molecule has 1 N–H and O–H groups in total. The average Bonchev–Trinajstić information content (AvgIpc) is 2.39. The van der Waals surface area contributed by atoms with Gasteiger partial charge in [-0.25, -0.2) is 4.98 Å². The van der Waals surface area contributed by atoms with Gasteiger partial charge in [0.25, 0.3) is 5.91 Å². The highest BCUT2D eigenvalue weighted by atomic mass is 16.7. The lowest BCUT2D eigenvalue weighted by Crippen LogP contribution is -2.34. The first-order valence-electron chi connectivity index (χ1n) is 4.91. The summed E-state index contributed by atoms with van der Waals surface area (Å²) in [6.45, 7) is 0.242. The third kappa shape index (κ3) is 3.83. The van der Waals surface area contributed by atoms with Gasteiger partial charge in [0.1, 0.15) is 11.8 Å². The molecule has 0 fully saturated rings. The molecule has 17 heavy (non-hydrogen) atoms. The first-order valence-corrected chi connectivity index (χ1v) is 4.91. The van der Waals surface area contributed by atoms with Gasteiger partial charge in [-0.1, -0.05) is 0 Å². The number of aromatic nitrogens is 1. The summed E-state index contributed by atoms with van der Waals surface area (Å²) < 4.78 is 9.85. The van der Waals surface area contributed by atoms with Gasteiger partial charge < -0.3 is 14.8 Å². The Labute approximate surface area is 99.2 Å². The zero-order chi connectivity index (χ0) is 12.7. The quantitative estimate of drug-likeness (QED) is 0.742. The number of hydrogen-bond donors (Lipinski definition) is 1. The fraction of sp³-hybridized carbons (Fsp3) is 0.364. The molecule has 0 aliphatic heterocycles. The van der Waals surface area contributed by atoms with Gasteiger partial charge in [-0.05, 0) is 12.1 Å². The Morgan fingerprint density at radius 3 is 2.71 bits per heavy atom. The van der Waals surface area contributed by atoms with Crippen molar-refractivity contribution in [3.05, 3.63) is 29.6 Å². The smallest absolute Gasteiger partial charge is 0.253 e. The number of nitrogens with zero attached hydrogens (tertiary/aromatic N) is 2. The molecule has 1 aromatic rings. The van der Waals surface area contributed by atoms with Crippen LogP contribution in [0.3, 0.4) is 0 Å². The summed E-state index contributed by atoms with van der Waals surface area (Å²) in [5, 5.41) is 11.2. The van der Waals surface area contributed by atoms with Crippen molar-refractivity contribution in [2.75, 3.05) is 20.8 Å². The second-order valence-corrected chi connectivity index (χ2v) is 3.15. The number of nitrogens with one attached hydrogen (secondary N) is 1. The van der Waals surface area contributed by atoms with Crippen LogP contribution in [0.5, 0.6) is 0 Å². The minimum absolute atomic E-state index is 0.242. The molecule has 0 bridgehead atoms. The van der Waals surface area contributed by atoms with Crippen LogP contribution in [0.2, 0.25) is 0 Å². The van der Waals surface area contributed by atoms with E-state index < -0.39 is 6.29 Å². The highest BCUT2D eigenvalue weighted by Crippen LogP contribution is 1.99. The summed E-state index contributed by atoms with van der Waals surface area (Å²) in [5.74, 6) is -0.291. The molecular weight excluding hydrogens is 222 g/mol. The lowest BCUT2D eigenvalue weighted by atomic mass is 10.2. The Hall–Kier alpha value is -1.97. The molecule has 0 aliphatic carbocycles. The molecule has 0 aromatic carbocycles. The topological polar surface area (TPSA) is 84.2 Å². The molecule has 0 radical (unpaired) electrons. The number of rotatable bonds is 5. The van der Waals surface area contributed by atoms with Gasteiger partial charge in [0, 0.05) is 20.4 Å². The number of nitriles is 1. The molecule has 0 spiro atoms. The third-order valence-corrected chi connectivity index (χ3v) is 2.10. The standard InChI is InChI=1S/C11H13N3O3/c1-16-10(17-2)7-14-11(15)8-3-4-9(5-12)13-6-8/h3-4,6,10H,7H2,1-2H3,(H,14,15). The lowest BCUT2D eigenvalue weighted by Gasteiger charge is -2.13. The van der Waals surface area contributed by atoms with Crippen molar-refractivity contribution in [1.29, 1.82) is 5.26 Å². The van der Waals surface area contributed by atoms with Gasteiger partial charge >= 0.3 is 0 Å². The van der Waals surface area contributed by atoms with Crippen LogP contribution in [0.1, 0.15) is 16.1 Å². The number of hydrogen-bond acceptors (Lipinski definition) is 5. The highest BCUT2D eigenvalue weighted by molar-refractivity contribution is 5.93. The molecule has 0 saturated heterocycles. The predicted molar refractivity (Wildman–Crippen MR) is 59.1 cm³/mol. The van der Waals surface area contributed by atoms with Crippen LogP contribution in [-0.4, -0.2) is 37.9 Å². The molecule has 1 rings (SSSR count). The summed E-state index contributed by atoms with van der Waals surface area (Å²) in [7, 11) is 2.98. The Morgan fingerprint density at radius 2 is 2.24 bits per heavy atom. The molecule has 1 aromatic heterocycles. The van der Waals surface area contributed by atoms with Crippen molar-refractivity contribution >= 4 is 5.91 Å². The van der Waals surface area contributed by atoms with E-state index in [0.29, 0.717) is 5.56 Å². The molecule has 90 valence electrons. The summed E-state index contributed by atoms with van der Waals surface area (Å²) in [6, 6.07) is 4.90. The molecule has 6 heteroatoms. The Kier molecular flexibility index (Phi) is 5.07. The van der Waals surface area contributed by atoms with Crippen LogP contribution in [0.15, 0.2) is 18.3 Å². The summed E-state index contributed by atoms with van der Waals surface area (Å²) in [5.41, 5.74) is 0.656. The molecule has 0 aliphatic rings. The highest BCUT2D eigenvalue weighted by Gasteiger charge is 2.09. The average molecular weight is 235 g/mol. The van der Waals surface area contributed by atoms with Gasteiger partial charge in [0.2, 0.25) is 0 Å². The monoisotopic (exact) mass is 235 g/mol. The number of amides is 1. The number of methoxy groups -OCH3 is 2. The van der Waals surface area contributed by atoms with E-state index in [9.17, 15) is 4.79 Å². The van der Waals surface area contributed by atoms with E-state index in [1.54, 1.807) is 0 Å². The molecular formula is C11H13N3O3. The number of carbonyl (C=O) groups excluding carboxylic acids is 1. The van der Waals surface area contributed by atoms with Gasteiger partial charge in [-0.2, -0.15) is 5.26 Å². The molecule has 0 saturated carbocycles. The molecule has 1 heterocycles. The molecule has 6 nitrogen and oxygen atoms in total. The maximum Gasteiger partial charge on any atom is 0.253 e. The minimum atomic E-state index is -0.481. The first kappa shape index (κ1) is 13.1. The van der Waals surface area contributed by atoms with E-state index in [1.165, 1.54) is 32.5 Å². The first-order chi connectivity index (χ1) is 8.21. The number of carbonyl (C=O) groups is 1. The van der Waals surface area contributed by atoms with E-state index in [4.69, 9.17) is 14.7 Å². The van der Waals surface area contributed by atoms with Crippen LogP contribution in [0.25, 0.3) is 0 Å². The van der Waals surface area contributed by atoms with E-state index in [-0.39, 0.29) is 18.1 Å². The molecule has 1 amide bonds. The second-order valence-electron chi connectivity index (χ2n) is 3.15. The maximum atomic E-state index is 11.6. The fourth-order valence-electron chi connectivity index (χ4n) is 1.14. The van der Waals surface area contributed by atoms with Crippen molar-refractivity contribution in [3.8, 4) is 6.07 Å². The maximum absolute atomic E-state index is 11.6. The Balaban J connectivity index is 2.55. The number of pyridine rings is 1. The zero-order valence-electron chi connectivity index (χ0n) is 9.64. The fourth-order valence-corrected chi connectivity index (χ4v) is 1.14. The second kappa shape index (κ2) is 6.58. The number of ether oxygens (including phenoxy) is 2. The van der Waals surface area contributed by atoms with Crippen molar-refractivity contribution in [2.45, 2.75) is 6.29 Å². The van der Waals surface area contributed by atoms with Gasteiger partial charge in [-0.15, -0.1) is 0 Å². The largest absolute Gasteiger partial charge is 0.354 e. The van der Waals surface area contributed by atoms with E-state index in [2.05, 4.69) is 10.3 Å². The van der Waals surface area contributed by atoms with Gasteiger partial charge in [-0.3, -0.25) is 4.79 Å². The molecule has 0 atom stereocenters. The molecule has 0 unspecified atom stereocenters. The van der Waals surface area contributed by atoms with Crippen LogP contribution >= 0.6 is 0 Å². The van der Waals surface area contributed by atoms with E-state index >= 15 is 0 Å². The van der Waals surface area contributed by atoms with Crippen LogP contribution in [-0.2, 0) is 9.47 Å². The van der Waals surface area contributed by atoms with Gasteiger partial charge in [0.15, 0.2) is 6.29 Å². The Morgan fingerprint density at radius 1 is 1.53 bits per heavy atom. The lowest BCUT2D eigenvalue weighted by molar-refractivity contribution is -0.0974. The Bertz CT molecular complexity index is 407. The van der Waals surface area contributed by atoms with Crippen LogP contribution in [0, 0.1) is 11.3 Å².